The predicted octanol–water partition coefficient (Wildman–Crippen LogP) is -15.4. The molecule has 30 nitrogen and oxygen atoms in total. The zero-order valence-electron chi connectivity index (χ0n) is 43.8. The van der Waals surface area contributed by atoms with Gasteiger partial charge in [0.25, 0.3) is 0 Å². The van der Waals surface area contributed by atoms with Crippen LogP contribution in [0.1, 0.15) is 0 Å². The van der Waals surface area contributed by atoms with E-state index in [1.807, 2.05) is 0 Å². The third-order valence-electron chi connectivity index (χ3n) is 11.9. The van der Waals surface area contributed by atoms with Crippen LogP contribution in [0, 0.1) is 0 Å². The third kappa shape index (κ3) is 34.2. The largest absolute Gasteiger partial charge is 2.00 e. The quantitative estimate of drug-likeness (QED) is 0.0564. The van der Waals surface area contributed by atoms with Crippen LogP contribution in [0.25, 0.3) is 0 Å². The van der Waals surface area contributed by atoms with E-state index in [9.17, 15) is 78.6 Å². The van der Waals surface area contributed by atoms with Gasteiger partial charge in [-0.3, -0.25) is 48.6 Å². The van der Waals surface area contributed by atoms with Gasteiger partial charge in [0.2, 0.25) is 23.6 Å². The maximum Gasteiger partial charge on any atom is 2.00 e. The Kier molecular flexibility index (Phi) is 41.8. The normalized spacial score (nSPS) is 15.8. The topological polar surface area (TPSA) is 378 Å². The second-order valence-electron chi connectivity index (χ2n) is 17.6. The minimum absolute atomic E-state index is 0. The second kappa shape index (κ2) is 42.9. The van der Waals surface area contributed by atoms with Crippen molar-refractivity contribution < 1.29 is 97.5 Å². The molecule has 420 valence electrons. The molecule has 4 aliphatic rings. The Labute approximate surface area is 536 Å². The van der Waals surface area contributed by atoms with Crippen molar-refractivity contribution in [3.8, 4) is 0 Å². The van der Waals surface area contributed by atoms with E-state index in [1.165, 1.54) is 29.4 Å². The van der Waals surface area contributed by atoms with Crippen LogP contribution in [0.3, 0.4) is 0 Å². The summed E-state index contributed by atoms with van der Waals surface area (Å²) in [7, 11) is 0. The number of carbonyl (C=O) groups is 10. The Morgan fingerprint density at radius 3 is 0.558 bits per heavy atom. The molecule has 0 N–H and O–H groups in total. The third-order valence-corrected chi connectivity index (χ3v) is 11.9. The molecule has 0 aromatic carbocycles. The van der Waals surface area contributed by atoms with E-state index in [2.05, 4.69) is 0 Å². The van der Waals surface area contributed by atoms with Crippen LogP contribution in [-0.2, 0) is 66.9 Å². The van der Waals surface area contributed by atoms with E-state index in [4.69, 9.17) is 18.9 Å². The average molecular weight is 1180 g/mol. The van der Waals surface area contributed by atoms with Crippen molar-refractivity contribution >= 4 is 173 Å². The molecular formula is C44H68Ca3N10O20. The van der Waals surface area contributed by atoms with E-state index in [0.717, 1.165) is 0 Å². The fourth-order valence-electron chi connectivity index (χ4n) is 8.04. The molecule has 4 amide bonds. The summed E-state index contributed by atoms with van der Waals surface area (Å²) in [6.07, 6.45) is 0. The number of hydrogen-bond donors (Lipinski definition) is 0. The first kappa shape index (κ1) is 75.1. The summed E-state index contributed by atoms with van der Waals surface area (Å²) in [5.74, 6) is -9.43. The van der Waals surface area contributed by atoms with E-state index >= 15 is 0 Å². The van der Waals surface area contributed by atoms with Gasteiger partial charge in [-0.05, 0) is 0 Å². The van der Waals surface area contributed by atoms with Crippen LogP contribution < -0.4 is 30.6 Å². The molecule has 4 heterocycles. The second-order valence-corrected chi connectivity index (χ2v) is 17.6. The molecule has 0 aromatic heterocycles. The zero-order chi connectivity index (χ0) is 54.4. The summed E-state index contributed by atoms with van der Waals surface area (Å²) in [4.78, 5) is 132. The fourth-order valence-corrected chi connectivity index (χ4v) is 8.04. The molecule has 0 saturated carbocycles. The van der Waals surface area contributed by atoms with E-state index < -0.39 is 75.1 Å². The molecule has 4 fully saturated rings. The van der Waals surface area contributed by atoms with Crippen molar-refractivity contribution in [3.05, 3.63) is 0 Å². The van der Waals surface area contributed by atoms with Crippen LogP contribution in [-0.4, -0.2) is 445 Å². The number of morpholine rings is 4. The molecule has 4 rings (SSSR count). The molecule has 4 aliphatic heterocycles. The number of carboxylic acids is 6. The molecule has 0 radical (unpaired) electrons. The minimum Gasteiger partial charge on any atom is -0.549 e. The number of amides is 4. The van der Waals surface area contributed by atoms with Crippen LogP contribution in [0.5, 0.6) is 0 Å². The summed E-state index contributed by atoms with van der Waals surface area (Å²) in [6, 6.07) is 0. The van der Waals surface area contributed by atoms with Gasteiger partial charge in [0.1, 0.15) is 0 Å². The van der Waals surface area contributed by atoms with Gasteiger partial charge in [-0.25, -0.2) is 0 Å². The van der Waals surface area contributed by atoms with Crippen molar-refractivity contribution in [1.82, 2.24) is 49.0 Å². The maximum atomic E-state index is 12.5. The summed E-state index contributed by atoms with van der Waals surface area (Å²) in [5.41, 5.74) is 0. The number of carboxylic acid groups (broad SMARTS) is 6. The van der Waals surface area contributed by atoms with Gasteiger partial charge < -0.3 is 98.0 Å². The summed E-state index contributed by atoms with van der Waals surface area (Å²) >= 11 is 0. The van der Waals surface area contributed by atoms with E-state index in [0.29, 0.717) is 105 Å². The molecule has 0 aliphatic carbocycles. The number of ether oxygens (including phenoxy) is 4. The number of carbonyl (C=O) groups excluding carboxylic acids is 10. The Balaban J connectivity index is 0.00000144. The Hall–Kier alpha value is -1.92. The van der Waals surface area contributed by atoms with Gasteiger partial charge in [0.05, 0.1) is 115 Å². The van der Waals surface area contributed by atoms with Crippen molar-refractivity contribution in [3.63, 3.8) is 0 Å². The summed E-state index contributed by atoms with van der Waals surface area (Å²) in [6.45, 7) is 2.71. The molecule has 0 bridgehead atoms. The Morgan fingerprint density at radius 2 is 0.403 bits per heavy atom. The standard InChI is InChI=1S/2C22H37N5O10.3Ca/c2*28-18(26-5-9-36-10-6-26)13-24(16-21(32)33)3-1-23(15-20(30)31)2-4-25(17-22(34)35)14-19(29)27-7-11-37-12-8-27;;;/h2*1-17H2,(H,30,31)(H,32,33)(H,34,35);;;/q;;3*+2/p-6. The van der Waals surface area contributed by atoms with Crippen LogP contribution in [0.4, 0.5) is 0 Å². The van der Waals surface area contributed by atoms with Crippen LogP contribution in [0.2, 0.25) is 0 Å². The zero-order valence-corrected chi connectivity index (χ0v) is 50.4. The van der Waals surface area contributed by atoms with Gasteiger partial charge in [-0.15, -0.1) is 0 Å². The summed E-state index contributed by atoms with van der Waals surface area (Å²) < 4.78 is 20.8. The molecule has 0 atom stereocenters. The van der Waals surface area contributed by atoms with Gasteiger partial charge in [0, 0.05) is 144 Å². The van der Waals surface area contributed by atoms with Crippen molar-refractivity contribution in [2.75, 3.05) is 223 Å². The van der Waals surface area contributed by atoms with E-state index in [-0.39, 0.29) is 215 Å². The number of nitrogens with zero attached hydrogens (tertiary/aromatic N) is 10. The van der Waals surface area contributed by atoms with E-state index in [1.54, 1.807) is 19.6 Å². The molecule has 77 heavy (non-hydrogen) atoms. The van der Waals surface area contributed by atoms with Gasteiger partial charge in [-0.1, -0.05) is 0 Å². The molecular weight excluding hydrogens is 1110 g/mol. The monoisotopic (exact) mass is 1180 g/mol. The van der Waals surface area contributed by atoms with Gasteiger partial charge in [0.15, 0.2) is 0 Å². The van der Waals surface area contributed by atoms with Crippen molar-refractivity contribution in [2.45, 2.75) is 0 Å². The molecule has 4 saturated heterocycles. The number of aliphatic carboxylic acids is 6. The molecule has 33 heteroatoms. The van der Waals surface area contributed by atoms with Gasteiger partial charge in [-0.2, -0.15) is 0 Å². The molecule has 0 aromatic rings. The maximum absolute atomic E-state index is 12.5. The van der Waals surface area contributed by atoms with Gasteiger partial charge >= 0.3 is 113 Å². The first-order valence-electron chi connectivity index (χ1n) is 24.2. The smallest absolute Gasteiger partial charge is 0.549 e. The predicted molar refractivity (Wildman–Crippen MR) is 256 cm³/mol. The van der Waals surface area contributed by atoms with Crippen molar-refractivity contribution in [1.29, 1.82) is 0 Å². The Bertz CT molecular complexity index is 1610. The van der Waals surface area contributed by atoms with Crippen LogP contribution >= 0.6 is 0 Å². The Morgan fingerprint density at radius 1 is 0.260 bits per heavy atom. The number of hydrogen-bond acceptors (Lipinski definition) is 26. The van der Waals surface area contributed by atoms with Crippen molar-refractivity contribution in [2.24, 2.45) is 0 Å². The first-order chi connectivity index (χ1) is 35.3. The molecule has 0 unspecified atom stereocenters. The summed E-state index contributed by atoms with van der Waals surface area (Å²) in [5, 5.41) is 67.4. The first-order valence-corrected chi connectivity index (χ1v) is 24.2. The van der Waals surface area contributed by atoms with Crippen LogP contribution in [0.15, 0.2) is 0 Å². The average Bonchev–Trinajstić information content (AvgIpc) is 3.35. The SMILES string of the molecule is O=C([O-])CN(CCN(CC(=O)[O-])CC(=O)N1CCOCC1)CCN(CC(=O)[O-])CC(=O)N1CCOCC1.O=C([O-])CN(CCN(CC(=O)[O-])CC(=O)N1CCOCC1)CCN(CC(=O)[O-])CC(=O)N1CCOCC1.[Ca+2].[Ca+2].[Ca+2]. The fraction of sp³-hybridized carbons (Fsp3) is 0.773. The minimum atomic E-state index is -1.39. The molecule has 0 spiro atoms. The number of rotatable bonds is 32.